The van der Waals surface area contributed by atoms with Gasteiger partial charge in [0.15, 0.2) is 0 Å². The van der Waals surface area contributed by atoms with Gasteiger partial charge in [0.05, 0.1) is 12.8 Å². The van der Waals surface area contributed by atoms with Crippen molar-refractivity contribution in [2.24, 2.45) is 0 Å². The normalized spacial score (nSPS) is 12.9. The molecule has 1 aromatic carbocycles. The third kappa shape index (κ3) is 4.76. The summed E-state index contributed by atoms with van der Waals surface area (Å²) in [7, 11) is 0. The summed E-state index contributed by atoms with van der Waals surface area (Å²) in [5.74, 6) is 0.667. The van der Waals surface area contributed by atoms with Crippen LogP contribution in [0.25, 0.3) is 0 Å². The van der Waals surface area contributed by atoms with Gasteiger partial charge in [-0.25, -0.2) is 0 Å². The van der Waals surface area contributed by atoms with Gasteiger partial charge in [-0.15, -0.1) is 0 Å². The number of carbonyl (C=O) groups excluding carboxylic acids is 1. The Morgan fingerprint density at radius 2 is 1.86 bits per heavy atom. The smallest absolute Gasteiger partial charge is 0.234 e. The highest BCUT2D eigenvalue weighted by atomic mass is 16.3. The first kappa shape index (κ1) is 15.3. The predicted octanol–water partition coefficient (Wildman–Crippen LogP) is 2.87. The van der Waals surface area contributed by atoms with Crippen molar-refractivity contribution in [3.8, 4) is 0 Å². The molecule has 0 radical (unpaired) electrons. The molecule has 21 heavy (non-hydrogen) atoms. The van der Waals surface area contributed by atoms with Crippen molar-refractivity contribution >= 4 is 5.91 Å². The molecule has 0 bridgehead atoms. The predicted molar refractivity (Wildman–Crippen MR) is 82.9 cm³/mol. The second-order valence-electron chi connectivity index (χ2n) is 6.03. The van der Waals surface area contributed by atoms with E-state index in [9.17, 15) is 4.79 Å². The van der Waals surface area contributed by atoms with Crippen LogP contribution >= 0.6 is 0 Å². The minimum absolute atomic E-state index is 0.0600. The van der Waals surface area contributed by atoms with Crippen LogP contribution in [-0.4, -0.2) is 18.0 Å². The Hall–Kier alpha value is -2.07. The largest absolute Gasteiger partial charge is 0.467 e. The molecule has 1 atom stereocenters. The number of hydrogen-bond donors (Lipinski definition) is 2. The van der Waals surface area contributed by atoms with Gasteiger partial charge in [-0.3, -0.25) is 4.79 Å². The number of furan rings is 1. The van der Waals surface area contributed by atoms with Gasteiger partial charge in [-0.1, -0.05) is 30.3 Å². The van der Waals surface area contributed by atoms with Gasteiger partial charge in [0.2, 0.25) is 5.91 Å². The molecule has 2 rings (SSSR count). The van der Waals surface area contributed by atoms with E-state index in [0.29, 0.717) is 0 Å². The Balaban J connectivity index is 2.09. The zero-order valence-electron chi connectivity index (χ0n) is 12.7. The molecule has 1 amide bonds. The first-order valence-corrected chi connectivity index (χ1v) is 7.08. The number of carbonyl (C=O) groups is 1. The molecule has 0 aliphatic rings. The summed E-state index contributed by atoms with van der Waals surface area (Å²) in [5.41, 5.74) is 0.904. The Morgan fingerprint density at radius 1 is 1.14 bits per heavy atom. The molecule has 0 fully saturated rings. The van der Waals surface area contributed by atoms with Crippen LogP contribution in [0.15, 0.2) is 53.1 Å². The highest BCUT2D eigenvalue weighted by Gasteiger charge is 2.20. The Labute approximate surface area is 125 Å². The molecular weight excluding hydrogens is 264 g/mol. The van der Waals surface area contributed by atoms with E-state index in [1.807, 2.05) is 63.2 Å². The fourth-order valence-corrected chi connectivity index (χ4v) is 1.98. The van der Waals surface area contributed by atoms with Gasteiger partial charge in [-0.05, 0) is 38.5 Å². The Kier molecular flexibility index (Phi) is 4.81. The van der Waals surface area contributed by atoms with Crippen molar-refractivity contribution in [1.29, 1.82) is 0 Å². The van der Waals surface area contributed by atoms with Crippen LogP contribution in [0, 0.1) is 0 Å². The highest BCUT2D eigenvalue weighted by Crippen LogP contribution is 2.22. The van der Waals surface area contributed by atoms with Crippen LogP contribution < -0.4 is 10.6 Å². The van der Waals surface area contributed by atoms with Crippen LogP contribution in [0.4, 0.5) is 0 Å². The van der Waals surface area contributed by atoms with Crippen molar-refractivity contribution < 1.29 is 9.21 Å². The number of amides is 1. The zero-order valence-corrected chi connectivity index (χ0v) is 12.7. The molecule has 0 aliphatic heterocycles. The van der Waals surface area contributed by atoms with Gasteiger partial charge in [0.25, 0.3) is 0 Å². The summed E-state index contributed by atoms with van der Waals surface area (Å²) in [6, 6.07) is 13.2. The molecule has 1 aromatic heterocycles. The van der Waals surface area contributed by atoms with Crippen LogP contribution in [-0.2, 0) is 4.79 Å². The summed E-state index contributed by atoms with van der Waals surface area (Å²) in [5, 5.41) is 6.19. The van der Waals surface area contributed by atoms with Crippen LogP contribution in [0.2, 0.25) is 0 Å². The molecule has 1 unspecified atom stereocenters. The van der Waals surface area contributed by atoms with Crippen LogP contribution in [0.3, 0.4) is 0 Å². The first-order chi connectivity index (χ1) is 9.96. The Bertz CT molecular complexity index is 556. The molecular formula is C17H22N2O2. The summed E-state index contributed by atoms with van der Waals surface area (Å²) in [4.78, 5) is 12.2. The minimum atomic E-state index is -0.268. The molecule has 4 nitrogen and oxygen atoms in total. The maximum Gasteiger partial charge on any atom is 0.234 e. The molecule has 112 valence electrons. The maximum atomic E-state index is 12.2. The van der Waals surface area contributed by atoms with E-state index < -0.39 is 0 Å². The molecule has 0 aliphatic carbocycles. The second kappa shape index (κ2) is 6.59. The van der Waals surface area contributed by atoms with E-state index in [2.05, 4.69) is 10.6 Å². The fraction of sp³-hybridized carbons (Fsp3) is 0.353. The quantitative estimate of drug-likeness (QED) is 0.888. The van der Waals surface area contributed by atoms with E-state index >= 15 is 0 Å². The molecule has 4 heteroatoms. The SMILES string of the molecule is CC(C)(C)NCC(=O)NC(c1ccccc1)c1ccco1. The molecule has 0 saturated heterocycles. The summed E-state index contributed by atoms with van der Waals surface area (Å²) in [6.07, 6.45) is 1.62. The minimum Gasteiger partial charge on any atom is -0.467 e. The lowest BCUT2D eigenvalue weighted by atomic mass is 10.0. The zero-order chi connectivity index (χ0) is 15.3. The van der Waals surface area contributed by atoms with E-state index in [1.54, 1.807) is 6.26 Å². The van der Waals surface area contributed by atoms with Crippen molar-refractivity contribution in [2.75, 3.05) is 6.54 Å². The molecule has 0 saturated carbocycles. The van der Waals surface area contributed by atoms with Gasteiger partial charge in [0, 0.05) is 5.54 Å². The molecule has 2 N–H and O–H groups in total. The topological polar surface area (TPSA) is 54.3 Å². The standard InChI is InChI=1S/C17H22N2O2/c1-17(2,3)18-12-15(20)19-16(14-10-7-11-21-14)13-8-5-4-6-9-13/h4-11,16,18H,12H2,1-3H3,(H,19,20). The first-order valence-electron chi connectivity index (χ1n) is 7.08. The van der Waals surface area contributed by atoms with Gasteiger partial charge in [-0.2, -0.15) is 0 Å². The van der Waals surface area contributed by atoms with Crippen molar-refractivity contribution in [3.63, 3.8) is 0 Å². The monoisotopic (exact) mass is 286 g/mol. The van der Waals surface area contributed by atoms with E-state index in [1.165, 1.54) is 0 Å². The number of hydrogen-bond acceptors (Lipinski definition) is 3. The van der Waals surface area contributed by atoms with Crippen molar-refractivity contribution in [1.82, 2.24) is 10.6 Å². The fourth-order valence-electron chi connectivity index (χ4n) is 1.98. The Morgan fingerprint density at radius 3 is 2.43 bits per heavy atom. The maximum absolute atomic E-state index is 12.2. The average molecular weight is 286 g/mol. The van der Waals surface area contributed by atoms with Crippen molar-refractivity contribution in [3.05, 3.63) is 60.1 Å². The lowest BCUT2D eigenvalue weighted by Crippen LogP contribution is -2.44. The molecule has 1 heterocycles. The van der Waals surface area contributed by atoms with E-state index in [4.69, 9.17) is 4.42 Å². The number of rotatable bonds is 5. The highest BCUT2D eigenvalue weighted by molar-refractivity contribution is 5.79. The lowest BCUT2D eigenvalue weighted by molar-refractivity contribution is -0.121. The number of nitrogens with one attached hydrogen (secondary N) is 2. The average Bonchev–Trinajstić information content (AvgIpc) is 2.96. The van der Waals surface area contributed by atoms with Crippen LogP contribution in [0.5, 0.6) is 0 Å². The molecule has 2 aromatic rings. The molecule has 0 spiro atoms. The third-order valence-corrected chi connectivity index (χ3v) is 3.05. The van der Waals surface area contributed by atoms with Gasteiger partial charge in [0.1, 0.15) is 11.8 Å². The van der Waals surface area contributed by atoms with E-state index in [0.717, 1.165) is 11.3 Å². The van der Waals surface area contributed by atoms with Gasteiger partial charge >= 0.3 is 0 Å². The van der Waals surface area contributed by atoms with Crippen molar-refractivity contribution in [2.45, 2.75) is 32.4 Å². The lowest BCUT2D eigenvalue weighted by Gasteiger charge is -2.22. The second-order valence-corrected chi connectivity index (χ2v) is 6.03. The summed E-state index contributed by atoms with van der Waals surface area (Å²) < 4.78 is 5.46. The van der Waals surface area contributed by atoms with Crippen LogP contribution in [0.1, 0.15) is 38.1 Å². The third-order valence-electron chi connectivity index (χ3n) is 3.05. The van der Waals surface area contributed by atoms with E-state index in [-0.39, 0.29) is 24.0 Å². The van der Waals surface area contributed by atoms with Gasteiger partial charge < -0.3 is 15.1 Å². The number of benzene rings is 1. The summed E-state index contributed by atoms with van der Waals surface area (Å²) >= 11 is 0. The summed E-state index contributed by atoms with van der Waals surface area (Å²) in [6.45, 7) is 6.36.